The zero-order valence-electron chi connectivity index (χ0n) is 14.4. The highest BCUT2D eigenvalue weighted by Gasteiger charge is 2.41. The quantitative estimate of drug-likeness (QED) is 0.600. The Morgan fingerprint density at radius 3 is 2.08 bits per heavy atom. The molecule has 1 aliphatic rings. The fraction of sp³-hybridized carbons (Fsp3) is 0.333. The van der Waals surface area contributed by atoms with Gasteiger partial charge in [0, 0.05) is 6.42 Å². The van der Waals surface area contributed by atoms with E-state index >= 15 is 0 Å². The third-order valence-corrected chi connectivity index (χ3v) is 4.58. The van der Waals surface area contributed by atoms with Gasteiger partial charge < -0.3 is 4.74 Å². The molecule has 25 heavy (non-hydrogen) atoms. The number of aryl methyl sites for hydroxylation is 1. The standard InChI is InChI=1S/C21H21F3O/c1-14-3-6-16(7-4-14)17-8-10-18(11-9-17)25-21(23,24)19-12-5-15(2)13-20(19)22/h3-4,6-11,15H,5,12-13H2,1-2H3. The minimum absolute atomic E-state index is 0.0276. The summed E-state index contributed by atoms with van der Waals surface area (Å²) >= 11 is 0. The fourth-order valence-electron chi connectivity index (χ4n) is 3.03. The molecule has 1 aliphatic carbocycles. The summed E-state index contributed by atoms with van der Waals surface area (Å²) in [4.78, 5) is 0. The van der Waals surface area contributed by atoms with Gasteiger partial charge in [0.15, 0.2) is 0 Å². The molecule has 0 heterocycles. The van der Waals surface area contributed by atoms with Crippen LogP contribution in [0.1, 0.15) is 31.7 Å². The third-order valence-electron chi connectivity index (χ3n) is 4.58. The molecule has 0 N–H and O–H groups in total. The maximum Gasteiger partial charge on any atom is 0.425 e. The van der Waals surface area contributed by atoms with Crippen molar-refractivity contribution in [2.45, 2.75) is 39.2 Å². The van der Waals surface area contributed by atoms with Crippen LogP contribution in [-0.4, -0.2) is 6.11 Å². The summed E-state index contributed by atoms with van der Waals surface area (Å²) in [6.45, 7) is 3.86. The Hall–Kier alpha value is -2.23. The number of hydrogen-bond acceptors (Lipinski definition) is 1. The van der Waals surface area contributed by atoms with Gasteiger partial charge >= 0.3 is 6.11 Å². The largest absolute Gasteiger partial charge is 0.429 e. The highest BCUT2D eigenvalue weighted by atomic mass is 19.3. The number of allylic oxidation sites excluding steroid dienone is 1. The summed E-state index contributed by atoms with van der Waals surface area (Å²) in [6, 6.07) is 14.4. The molecule has 0 aliphatic heterocycles. The molecule has 132 valence electrons. The molecule has 1 unspecified atom stereocenters. The zero-order valence-corrected chi connectivity index (χ0v) is 14.4. The predicted molar refractivity (Wildman–Crippen MR) is 93.3 cm³/mol. The van der Waals surface area contributed by atoms with Crippen LogP contribution in [0.4, 0.5) is 13.2 Å². The normalized spacial score (nSPS) is 18.4. The van der Waals surface area contributed by atoms with Crippen molar-refractivity contribution in [3.05, 3.63) is 65.5 Å². The Labute approximate surface area is 146 Å². The minimum atomic E-state index is -3.62. The van der Waals surface area contributed by atoms with Gasteiger partial charge in [0.05, 0.1) is 5.57 Å². The van der Waals surface area contributed by atoms with E-state index in [1.807, 2.05) is 38.1 Å². The number of benzene rings is 2. The molecule has 2 aromatic carbocycles. The molecule has 0 bridgehead atoms. The summed E-state index contributed by atoms with van der Waals surface area (Å²) in [5.74, 6) is -0.617. The lowest BCUT2D eigenvalue weighted by atomic mass is 9.89. The first kappa shape index (κ1) is 17.6. The third kappa shape index (κ3) is 4.06. The van der Waals surface area contributed by atoms with Gasteiger partial charge in [0.1, 0.15) is 11.6 Å². The van der Waals surface area contributed by atoms with Crippen LogP contribution < -0.4 is 4.74 Å². The predicted octanol–water partition coefficient (Wildman–Crippen LogP) is 6.68. The first-order valence-corrected chi connectivity index (χ1v) is 8.47. The molecule has 2 aromatic rings. The van der Waals surface area contributed by atoms with Gasteiger partial charge in [-0.05, 0) is 48.9 Å². The zero-order chi connectivity index (χ0) is 18.0. The van der Waals surface area contributed by atoms with Crippen LogP contribution in [0.5, 0.6) is 5.75 Å². The molecule has 0 amide bonds. The van der Waals surface area contributed by atoms with Gasteiger partial charge in [0.25, 0.3) is 0 Å². The molecule has 0 radical (unpaired) electrons. The Bertz CT molecular complexity index is 761. The average molecular weight is 346 g/mol. The maximum atomic E-state index is 14.3. The summed E-state index contributed by atoms with van der Waals surface area (Å²) in [6.07, 6.45) is -2.98. The van der Waals surface area contributed by atoms with Crippen LogP contribution in [0.3, 0.4) is 0 Å². The second-order valence-electron chi connectivity index (χ2n) is 6.74. The monoisotopic (exact) mass is 346 g/mol. The Kier molecular flexibility index (Phi) is 4.89. The molecular formula is C21H21F3O. The Morgan fingerprint density at radius 1 is 0.960 bits per heavy atom. The lowest BCUT2D eigenvalue weighted by molar-refractivity contribution is -0.147. The molecule has 3 rings (SSSR count). The first-order valence-electron chi connectivity index (χ1n) is 8.47. The summed E-state index contributed by atoms with van der Waals surface area (Å²) < 4.78 is 47.4. The number of halogens is 3. The van der Waals surface area contributed by atoms with Crippen molar-refractivity contribution in [3.8, 4) is 16.9 Å². The molecule has 0 saturated heterocycles. The van der Waals surface area contributed by atoms with Crippen LogP contribution in [0.2, 0.25) is 0 Å². The highest BCUT2D eigenvalue weighted by Crippen LogP contribution is 2.40. The summed E-state index contributed by atoms with van der Waals surface area (Å²) in [5.41, 5.74) is 2.54. The topological polar surface area (TPSA) is 9.23 Å². The summed E-state index contributed by atoms with van der Waals surface area (Å²) in [5, 5.41) is 0. The first-order chi connectivity index (χ1) is 11.8. The Morgan fingerprint density at radius 2 is 1.52 bits per heavy atom. The lowest BCUT2D eigenvalue weighted by Crippen LogP contribution is -2.30. The summed E-state index contributed by atoms with van der Waals surface area (Å²) in [7, 11) is 0. The fourth-order valence-corrected chi connectivity index (χ4v) is 3.03. The molecule has 0 aromatic heterocycles. The van der Waals surface area contributed by atoms with Gasteiger partial charge in [-0.3, -0.25) is 0 Å². The van der Waals surface area contributed by atoms with Gasteiger partial charge in [-0.15, -0.1) is 0 Å². The van der Waals surface area contributed by atoms with Crippen molar-refractivity contribution < 1.29 is 17.9 Å². The van der Waals surface area contributed by atoms with Crippen molar-refractivity contribution in [3.63, 3.8) is 0 Å². The molecule has 0 fully saturated rings. The molecule has 4 heteroatoms. The number of rotatable bonds is 4. The van der Waals surface area contributed by atoms with E-state index < -0.39 is 17.5 Å². The SMILES string of the molecule is Cc1ccc(-c2ccc(OC(F)(F)C3=C(F)CC(C)CC3)cc2)cc1. The molecule has 0 spiro atoms. The van der Waals surface area contributed by atoms with E-state index in [1.165, 1.54) is 12.1 Å². The van der Waals surface area contributed by atoms with Crippen molar-refractivity contribution in [1.29, 1.82) is 0 Å². The molecule has 1 atom stereocenters. The Balaban J connectivity index is 1.76. The number of ether oxygens (including phenoxy) is 1. The van der Waals surface area contributed by atoms with E-state index in [2.05, 4.69) is 0 Å². The van der Waals surface area contributed by atoms with E-state index in [-0.39, 0.29) is 24.5 Å². The van der Waals surface area contributed by atoms with Gasteiger partial charge in [0.2, 0.25) is 0 Å². The average Bonchev–Trinajstić information content (AvgIpc) is 2.55. The maximum absolute atomic E-state index is 14.3. The number of hydrogen-bond donors (Lipinski definition) is 0. The molecular weight excluding hydrogens is 325 g/mol. The van der Waals surface area contributed by atoms with E-state index in [9.17, 15) is 13.2 Å². The second kappa shape index (κ2) is 6.95. The minimum Gasteiger partial charge on any atom is -0.429 e. The van der Waals surface area contributed by atoms with Crippen molar-refractivity contribution in [2.24, 2.45) is 5.92 Å². The van der Waals surface area contributed by atoms with Crippen molar-refractivity contribution in [1.82, 2.24) is 0 Å². The van der Waals surface area contributed by atoms with Gasteiger partial charge in [-0.2, -0.15) is 8.78 Å². The van der Waals surface area contributed by atoms with Crippen molar-refractivity contribution >= 4 is 0 Å². The van der Waals surface area contributed by atoms with E-state index in [4.69, 9.17) is 4.74 Å². The van der Waals surface area contributed by atoms with Gasteiger partial charge in [-0.25, -0.2) is 4.39 Å². The highest BCUT2D eigenvalue weighted by molar-refractivity contribution is 5.64. The van der Waals surface area contributed by atoms with Crippen LogP contribution in [0.25, 0.3) is 11.1 Å². The van der Waals surface area contributed by atoms with Crippen LogP contribution >= 0.6 is 0 Å². The van der Waals surface area contributed by atoms with Crippen LogP contribution in [0, 0.1) is 12.8 Å². The van der Waals surface area contributed by atoms with Crippen LogP contribution in [-0.2, 0) is 0 Å². The second-order valence-corrected chi connectivity index (χ2v) is 6.74. The van der Waals surface area contributed by atoms with E-state index in [1.54, 1.807) is 12.1 Å². The smallest absolute Gasteiger partial charge is 0.425 e. The lowest BCUT2D eigenvalue weighted by Gasteiger charge is -2.26. The van der Waals surface area contributed by atoms with Gasteiger partial charge in [-0.1, -0.05) is 48.9 Å². The molecule has 1 nitrogen and oxygen atoms in total. The van der Waals surface area contributed by atoms with Crippen LogP contribution in [0.15, 0.2) is 59.9 Å². The van der Waals surface area contributed by atoms with E-state index in [0.29, 0.717) is 6.42 Å². The molecule has 0 saturated carbocycles. The number of alkyl halides is 2. The van der Waals surface area contributed by atoms with E-state index in [0.717, 1.165) is 16.7 Å². The van der Waals surface area contributed by atoms with Crippen molar-refractivity contribution in [2.75, 3.05) is 0 Å².